The van der Waals surface area contributed by atoms with Gasteiger partial charge >= 0.3 is 12.1 Å². The molecule has 1 saturated heterocycles. The summed E-state index contributed by atoms with van der Waals surface area (Å²) in [4.78, 5) is 22.6. The maximum Gasteiger partial charge on any atom is 0.414 e. The van der Waals surface area contributed by atoms with Gasteiger partial charge in [0.25, 0.3) is 0 Å². The van der Waals surface area contributed by atoms with Gasteiger partial charge in [-0.2, -0.15) is 8.78 Å². The van der Waals surface area contributed by atoms with Crippen molar-refractivity contribution >= 4 is 11.9 Å². The molecule has 0 bridgehead atoms. The lowest BCUT2D eigenvalue weighted by atomic mass is 10.1. The summed E-state index contributed by atoms with van der Waals surface area (Å²) in [5.41, 5.74) is -0.825. The van der Waals surface area contributed by atoms with Crippen LogP contribution in [0.5, 0.6) is 0 Å². The number of ether oxygens (including phenoxy) is 1. The second-order valence-electron chi connectivity index (χ2n) is 4.76. The first-order valence-corrected chi connectivity index (χ1v) is 5.02. The van der Waals surface area contributed by atoms with Gasteiger partial charge in [-0.25, -0.2) is 9.69 Å². The molecule has 0 aromatic carbocycles. The molecule has 0 atom stereocenters. The van der Waals surface area contributed by atoms with Crippen LogP contribution in [0.3, 0.4) is 0 Å². The molecule has 1 aliphatic heterocycles. The molecule has 0 spiro atoms. The Morgan fingerprint density at radius 1 is 1.44 bits per heavy atom. The van der Waals surface area contributed by atoms with Crippen LogP contribution in [0.15, 0.2) is 0 Å². The smallest absolute Gasteiger partial charge is 0.414 e. The number of Topliss-reactive ketones (excluding diaryl/α,β-unsaturated/α-hetero) is 1. The number of carbonyl (C=O) groups excluding carboxylic acids is 2. The van der Waals surface area contributed by atoms with Crippen LogP contribution in [0.2, 0.25) is 0 Å². The van der Waals surface area contributed by atoms with Crippen molar-refractivity contribution in [3.05, 3.63) is 0 Å². The average molecular weight is 235 g/mol. The van der Waals surface area contributed by atoms with Crippen molar-refractivity contribution in [2.75, 3.05) is 6.54 Å². The molecule has 6 heteroatoms. The molecule has 0 aliphatic carbocycles. The summed E-state index contributed by atoms with van der Waals surface area (Å²) >= 11 is 0. The largest absolute Gasteiger partial charge is 0.444 e. The van der Waals surface area contributed by atoms with Crippen molar-refractivity contribution in [3.8, 4) is 0 Å². The van der Waals surface area contributed by atoms with Gasteiger partial charge in [0.2, 0.25) is 0 Å². The zero-order valence-corrected chi connectivity index (χ0v) is 9.55. The number of likely N-dealkylation sites (tertiary alicyclic amines) is 1. The molecule has 92 valence electrons. The SMILES string of the molecule is CC(C)(C)OC(=O)N1CCC(=O)CC1(F)F. The maximum atomic E-state index is 13.3. The maximum absolute atomic E-state index is 13.3. The fourth-order valence-electron chi connectivity index (χ4n) is 1.36. The predicted molar refractivity (Wildman–Crippen MR) is 52.1 cm³/mol. The summed E-state index contributed by atoms with van der Waals surface area (Å²) in [6.45, 7) is 4.50. The van der Waals surface area contributed by atoms with E-state index in [-0.39, 0.29) is 13.0 Å². The third-order valence-corrected chi connectivity index (χ3v) is 2.03. The molecule has 0 radical (unpaired) electrons. The van der Waals surface area contributed by atoms with E-state index < -0.39 is 29.9 Å². The second-order valence-corrected chi connectivity index (χ2v) is 4.76. The van der Waals surface area contributed by atoms with Crippen molar-refractivity contribution in [1.29, 1.82) is 0 Å². The Bertz CT molecular complexity index is 310. The van der Waals surface area contributed by atoms with Crippen molar-refractivity contribution in [2.24, 2.45) is 0 Å². The lowest BCUT2D eigenvalue weighted by Gasteiger charge is -2.35. The normalized spacial score (nSPS) is 20.8. The summed E-state index contributed by atoms with van der Waals surface area (Å²) in [7, 11) is 0. The van der Waals surface area contributed by atoms with Gasteiger partial charge in [0.05, 0.1) is 6.42 Å². The van der Waals surface area contributed by atoms with E-state index in [4.69, 9.17) is 4.74 Å². The third-order valence-electron chi connectivity index (χ3n) is 2.03. The van der Waals surface area contributed by atoms with E-state index in [1.165, 1.54) is 0 Å². The number of alkyl halides is 2. The van der Waals surface area contributed by atoms with Crippen LogP contribution in [0.4, 0.5) is 13.6 Å². The lowest BCUT2D eigenvalue weighted by Crippen LogP contribution is -2.52. The molecular formula is C10H15F2NO3. The Hall–Kier alpha value is -1.20. The molecule has 0 N–H and O–H groups in total. The van der Waals surface area contributed by atoms with Crippen molar-refractivity contribution in [1.82, 2.24) is 4.90 Å². The average Bonchev–Trinajstić information content (AvgIpc) is 1.97. The monoisotopic (exact) mass is 235 g/mol. The fourth-order valence-corrected chi connectivity index (χ4v) is 1.36. The summed E-state index contributed by atoms with van der Waals surface area (Å²) in [5.74, 6) is -0.537. The van der Waals surface area contributed by atoms with Gasteiger partial charge < -0.3 is 4.74 Å². The number of nitrogens with zero attached hydrogens (tertiary/aromatic N) is 1. The van der Waals surface area contributed by atoms with Gasteiger partial charge in [-0.05, 0) is 20.8 Å². The summed E-state index contributed by atoms with van der Waals surface area (Å²) in [5, 5.41) is 0. The Labute approximate surface area is 92.5 Å². The minimum absolute atomic E-state index is 0.0468. The van der Waals surface area contributed by atoms with E-state index >= 15 is 0 Å². The van der Waals surface area contributed by atoms with Crippen LogP contribution in [0, 0.1) is 0 Å². The first kappa shape index (κ1) is 12.9. The van der Waals surface area contributed by atoms with E-state index in [2.05, 4.69) is 0 Å². The van der Waals surface area contributed by atoms with E-state index in [1.807, 2.05) is 0 Å². The number of hydrogen-bond acceptors (Lipinski definition) is 3. The number of hydrogen-bond donors (Lipinski definition) is 0. The Balaban J connectivity index is 2.73. The molecule has 1 amide bonds. The standard InChI is InChI=1S/C10H15F2NO3/c1-9(2,3)16-8(15)13-5-4-7(14)6-10(13,11)12/h4-6H2,1-3H3. The Kier molecular flexibility index (Phi) is 3.21. The van der Waals surface area contributed by atoms with Crippen LogP contribution in [0.1, 0.15) is 33.6 Å². The first-order valence-electron chi connectivity index (χ1n) is 5.02. The molecule has 1 heterocycles. The van der Waals surface area contributed by atoms with Gasteiger partial charge in [-0.1, -0.05) is 0 Å². The fraction of sp³-hybridized carbons (Fsp3) is 0.800. The predicted octanol–water partition coefficient (Wildman–Crippen LogP) is 2.18. The molecule has 1 fully saturated rings. The molecule has 0 unspecified atom stereocenters. The van der Waals surface area contributed by atoms with E-state index in [1.54, 1.807) is 20.8 Å². The molecule has 16 heavy (non-hydrogen) atoms. The number of piperidine rings is 1. The van der Waals surface area contributed by atoms with Gasteiger partial charge in [0.1, 0.15) is 11.4 Å². The third kappa shape index (κ3) is 3.15. The van der Waals surface area contributed by atoms with E-state index in [0.29, 0.717) is 4.90 Å². The molecule has 0 aromatic heterocycles. The first-order chi connectivity index (χ1) is 7.12. The lowest BCUT2D eigenvalue weighted by molar-refractivity contribution is -0.167. The summed E-state index contributed by atoms with van der Waals surface area (Å²) < 4.78 is 31.5. The molecule has 0 saturated carbocycles. The van der Waals surface area contributed by atoms with Gasteiger partial charge in [0.15, 0.2) is 0 Å². The van der Waals surface area contributed by atoms with E-state index in [0.717, 1.165) is 0 Å². The zero-order chi connectivity index (χ0) is 12.6. The summed E-state index contributed by atoms with van der Waals surface area (Å²) in [6, 6.07) is -3.43. The minimum Gasteiger partial charge on any atom is -0.444 e. The highest BCUT2D eigenvalue weighted by molar-refractivity contribution is 5.82. The number of amides is 1. The van der Waals surface area contributed by atoms with Crippen LogP contribution >= 0.6 is 0 Å². The second kappa shape index (κ2) is 3.99. The number of rotatable bonds is 0. The van der Waals surface area contributed by atoms with Crippen molar-refractivity contribution in [3.63, 3.8) is 0 Å². The Morgan fingerprint density at radius 3 is 2.44 bits per heavy atom. The van der Waals surface area contributed by atoms with Crippen molar-refractivity contribution in [2.45, 2.75) is 45.3 Å². The quantitative estimate of drug-likeness (QED) is 0.604. The van der Waals surface area contributed by atoms with Gasteiger partial charge in [0, 0.05) is 13.0 Å². The molecule has 1 aliphatic rings. The van der Waals surface area contributed by atoms with Crippen molar-refractivity contribution < 1.29 is 23.1 Å². The molecule has 1 rings (SSSR count). The highest BCUT2D eigenvalue weighted by Crippen LogP contribution is 2.30. The van der Waals surface area contributed by atoms with E-state index in [9.17, 15) is 18.4 Å². The summed E-state index contributed by atoms with van der Waals surface area (Å²) in [6.07, 6.45) is -2.05. The van der Waals surface area contributed by atoms with Crippen LogP contribution in [-0.4, -0.2) is 35.0 Å². The van der Waals surface area contributed by atoms with Crippen LogP contribution < -0.4 is 0 Å². The Morgan fingerprint density at radius 2 is 2.00 bits per heavy atom. The van der Waals surface area contributed by atoms with Crippen LogP contribution in [0.25, 0.3) is 0 Å². The highest BCUT2D eigenvalue weighted by atomic mass is 19.3. The zero-order valence-electron chi connectivity index (χ0n) is 9.55. The number of halogens is 2. The van der Waals surface area contributed by atoms with Gasteiger partial charge in [-0.3, -0.25) is 4.79 Å². The molecule has 4 nitrogen and oxygen atoms in total. The van der Waals surface area contributed by atoms with Crippen LogP contribution in [-0.2, 0) is 9.53 Å². The number of carbonyl (C=O) groups is 2. The topological polar surface area (TPSA) is 46.6 Å². The number of ketones is 1. The highest BCUT2D eigenvalue weighted by Gasteiger charge is 2.47. The van der Waals surface area contributed by atoms with Gasteiger partial charge in [-0.15, -0.1) is 0 Å². The molecule has 0 aromatic rings. The molecular weight excluding hydrogens is 220 g/mol. The minimum atomic E-state index is -3.43.